The average Bonchev–Trinajstić information content (AvgIpc) is 3.04. The van der Waals surface area contributed by atoms with Gasteiger partial charge in [0.2, 0.25) is 5.91 Å². The molecule has 1 aliphatic rings. The summed E-state index contributed by atoms with van der Waals surface area (Å²) in [5, 5.41) is 9.16. The van der Waals surface area contributed by atoms with Gasteiger partial charge in [0, 0.05) is 25.5 Å². The van der Waals surface area contributed by atoms with E-state index in [2.05, 4.69) is 9.97 Å². The first-order chi connectivity index (χ1) is 11.2. The van der Waals surface area contributed by atoms with E-state index in [9.17, 15) is 4.79 Å². The van der Waals surface area contributed by atoms with Gasteiger partial charge in [-0.2, -0.15) is 0 Å². The third-order valence-electron chi connectivity index (χ3n) is 4.23. The molecule has 2 aromatic heterocycles. The lowest BCUT2D eigenvalue weighted by atomic mass is 10.1. The molecule has 6 heteroatoms. The van der Waals surface area contributed by atoms with E-state index in [0.29, 0.717) is 13.0 Å². The van der Waals surface area contributed by atoms with Crippen LogP contribution in [0.1, 0.15) is 5.56 Å². The van der Waals surface area contributed by atoms with Gasteiger partial charge < -0.3 is 14.6 Å². The molecule has 1 aliphatic heterocycles. The summed E-state index contributed by atoms with van der Waals surface area (Å²) >= 11 is 0. The van der Waals surface area contributed by atoms with Crippen molar-refractivity contribution in [3.8, 4) is 11.5 Å². The van der Waals surface area contributed by atoms with Gasteiger partial charge in [0.1, 0.15) is 5.69 Å². The van der Waals surface area contributed by atoms with Gasteiger partial charge >= 0.3 is 0 Å². The standard InChI is InChI=1S/C17H16N4O2/c1-20-15-8-11-9-16(23)21(6-7-22)14(11)10-13(15)19-17(20)12-4-2-3-5-18-12/h2-5,8,10,22H,6-7,9H2,1H3. The van der Waals surface area contributed by atoms with Crippen LogP contribution in [0.4, 0.5) is 5.69 Å². The number of carbonyl (C=O) groups is 1. The molecular weight excluding hydrogens is 292 g/mol. The number of carbonyl (C=O) groups excluding carboxylic acids is 1. The molecule has 0 fully saturated rings. The molecule has 0 radical (unpaired) electrons. The number of pyridine rings is 1. The highest BCUT2D eigenvalue weighted by molar-refractivity contribution is 6.04. The van der Waals surface area contributed by atoms with Gasteiger partial charge in [0.15, 0.2) is 5.82 Å². The molecule has 0 unspecified atom stereocenters. The molecule has 116 valence electrons. The maximum atomic E-state index is 12.1. The number of rotatable bonds is 3. The van der Waals surface area contributed by atoms with Gasteiger partial charge in [-0.15, -0.1) is 0 Å². The number of aliphatic hydroxyl groups excluding tert-OH is 1. The molecular formula is C17H16N4O2. The second kappa shape index (κ2) is 5.17. The van der Waals surface area contributed by atoms with Gasteiger partial charge in [0.05, 0.1) is 24.1 Å². The zero-order chi connectivity index (χ0) is 16.0. The molecule has 23 heavy (non-hydrogen) atoms. The SMILES string of the molecule is Cn1c(-c2ccccn2)nc2cc3c(cc21)CC(=O)N3CCO. The van der Waals surface area contributed by atoms with Gasteiger partial charge in [-0.05, 0) is 29.8 Å². The molecule has 0 saturated heterocycles. The third-order valence-corrected chi connectivity index (χ3v) is 4.23. The number of anilines is 1. The molecule has 1 aromatic carbocycles. The van der Waals surface area contributed by atoms with Crippen molar-refractivity contribution in [2.45, 2.75) is 6.42 Å². The maximum absolute atomic E-state index is 12.1. The number of β-amino-alcohol motifs (C(OH)–C–C–N with tert-alkyl or cyclic N) is 1. The molecule has 6 nitrogen and oxygen atoms in total. The number of fused-ring (bicyclic) bond motifs is 2. The summed E-state index contributed by atoms with van der Waals surface area (Å²) in [6.07, 6.45) is 2.12. The molecule has 0 bridgehead atoms. The van der Waals surface area contributed by atoms with E-state index in [4.69, 9.17) is 5.11 Å². The van der Waals surface area contributed by atoms with Crippen LogP contribution in [0.3, 0.4) is 0 Å². The van der Waals surface area contributed by atoms with E-state index < -0.39 is 0 Å². The Hall–Kier alpha value is -2.73. The number of benzene rings is 1. The Bertz CT molecular complexity index is 902. The first kappa shape index (κ1) is 13.9. The average molecular weight is 308 g/mol. The number of aryl methyl sites for hydroxylation is 1. The topological polar surface area (TPSA) is 71.2 Å². The van der Waals surface area contributed by atoms with Crippen LogP contribution in [-0.2, 0) is 18.3 Å². The monoisotopic (exact) mass is 308 g/mol. The van der Waals surface area contributed by atoms with E-state index in [1.807, 2.05) is 41.9 Å². The molecule has 0 aliphatic carbocycles. The van der Waals surface area contributed by atoms with E-state index in [1.54, 1.807) is 11.1 Å². The fourth-order valence-electron chi connectivity index (χ4n) is 3.13. The Morgan fingerprint density at radius 1 is 1.30 bits per heavy atom. The van der Waals surface area contributed by atoms with Crippen molar-refractivity contribution in [3.63, 3.8) is 0 Å². The number of aliphatic hydroxyl groups is 1. The largest absolute Gasteiger partial charge is 0.395 e. The van der Waals surface area contributed by atoms with Crippen LogP contribution in [0.25, 0.3) is 22.6 Å². The normalized spacial score (nSPS) is 13.8. The van der Waals surface area contributed by atoms with Crippen molar-refractivity contribution in [2.24, 2.45) is 7.05 Å². The summed E-state index contributed by atoms with van der Waals surface area (Å²) in [5.41, 5.74) is 4.44. The number of amides is 1. The van der Waals surface area contributed by atoms with E-state index in [-0.39, 0.29) is 12.5 Å². The zero-order valence-corrected chi connectivity index (χ0v) is 12.7. The van der Waals surface area contributed by atoms with Crippen LogP contribution in [0.15, 0.2) is 36.5 Å². The lowest BCUT2D eigenvalue weighted by molar-refractivity contribution is -0.117. The molecule has 0 spiro atoms. The highest BCUT2D eigenvalue weighted by Crippen LogP contribution is 2.34. The summed E-state index contributed by atoms with van der Waals surface area (Å²) < 4.78 is 2.00. The van der Waals surface area contributed by atoms with Crippen molar-refractivity contribution < 1.29 is 9.90 Å². The van der Waals surface area contributed by atoms with Crippen LogP contribution in [-0.4, -0.2) is 38.7 Å². The van der Waals surface area contributed by atoms with E-state index in [1.165, 1.54) is 0 Å². The predicted molar refractivity (Wildman–Crippen MR) is 87.1 cm³/mol. The Labute approximate surface area is 133 Å². The Morgan fingerprint density at radius 3 is 2.91 bits per heavy atom. The van der Waals surface area contributed by atoms with Crippen LogP contribution in [0.2, 0.25) is 0 Å². The smallest absolute Gasteiger partial charge is 0.231 e. The van der Waals surface area contributed by atoms with Crippen LogP contribution in [0.5, 0.6) is 0 Å². The first-order valence-electron chi connectivity index (χ1n) is 7.51. The Kier molecular flexibility index (Phi) is 3.12. The lowest BCUT2D eigenvalue weighted by Crippen LogP contribution is -2.29. The quantitative estimate of drug-likeness (QED) is 0.796. The van der Waals surface area contributed by atoms with Crippen LogP contribution < -0.4 is 4.90 Å². The fourth-order valence-corrected chi connectivity index (χ4v) is 3.13. The number of aromatic nitrogens is 3. The number of imidazole rings is 1. The Morgan fingerprint density at radius 2 is 2.17 bits per heavy atom. The molecule has 0 atom stereocenters. The predicted octanol–water partition coefficient (Wildman–Crippen LogP) is 1.52. The third kappa shape index (κ3) is 2.10. The van der Waals surface area contributed by atoms with Gasteiger partial charge in [-0.1, -0.05) is 6.07 Å². The molecule has 3 heterocycles. The van der Waals surface area contributed by atoms with Gasteiger partial charge in [-0.3, -0.25) is 9.78 Å². The molecule has 0 saturated carbocycles. The minimum absolute atomic E-state index is 0.0225. The minimum Gasteiger partial charge on any atom is -0.395 e. The number of hydrogen-bond donors (Lipinski definition) is 1. The summed E-state index contributed by atoms with van der Waals surface area (Å²) in [5.74, 6) is 0.818. The van der Waals surface area contributed by atoms with E-state index in [0.717, 1.165) is 33.8 Å². The molecule has 3 aromatic rings. The molecule has 1 N–H and O–H groups in total. The highest BCUT2D eigenvalue weighted by Gasteiger charge is 2.28. The fraction of sp³-hybridized carbons (Fsp3) is 0.235. The van der Waals surface area contributed by atoms with Crippen molar-refractivity contribution in [1.29, 1.82) is 0 Å². The number of hydrogen-bond acceptors (Lipinski definition) is 4. The highest BCUT2D eigenvalue weighted by atomic mass is 16.3. The van der Waals surface area contributed by atoms with Gasteiger partial charge in [-0.25, -0.2) is 4.98 Å². The Balaban J connectivity index is 1.88. The van der Waals surface area contributed by atoms with Crippen molar-refractivity contribution in [1.82, 2.24) is 14.5 Å². The minimum atomic E-state index is -0.0510. The second-order valence-electron chi connectivity index (χ2n) is 5.62. The molecule has 1 amide bonds. The second-order valence-corrected chi connectivity index (χ2v) is 5.62. The molecule has 4 rings (SSSR count). The summed E-state index contributed by atoms with van der Waals surface area (Å²) in [7, 11) is 1.95. The van der Waals surface area contributed by atoms with Crippen molar-refractivity contribution in [3.05, 3.63) is 42.1 Å². The van der Waals surface area contributed by atoms with Crippen LogP contribution in [0, 0.1) is 0 Å². The first-order valence-corrected chi connectivity index (χ1v) is 7.51. The number of nitrogens with zero attached hydrogens (tertiary/aromatic N) is 4. The van der Waals surface area contributed by atoms with Gasteiger partial charge in [0.25, 0.3) is 0 Å². The summed E-state index contributed by atoms with van der Waals surface area (Å²) in [4.78, 5) is 22.7. The van der Waals surface area contributed by atoms with Crippen LogP contribution >= 0.6 is 0 Å². The van der Waals surface area contributed by atoms with E-state index >= 15 is 0 Å². The lowest BCUT2D eigenvalue weighted by Gasteiger charge is -2.15. The summed E-state index contributed by atoms with van der Waals surface area (Å²) in [6, 6.07) is 9.68. The van der Waals surface area contributed by atoms with Crippen molar-refractivity contribution >= 4 is 22.6 Å². The van der Waals surface area contributed by atoms with Crippen molar-refractivity contribution in [2.75, 3.05) is 18.1 Å². The zero-order valence-electron chi connectivity index (χ0n) is 12.7. The summed E-state index contributed by atoms with van der Waals surface area (Å²) in [6.45, 7) is 0.266. The maximum Gasteiger partial charge on any atom is 0.231 e.